The van der Waals surface area contributed by atoms with Crippen molar-refractivity contribution in [2.24, 2.45) is 0 Å². The van der Waals surface area contributed by atoms with Crippen molar-refractivity contribution in [1.82, 2.24) is 0 Å². The summed E-state index contributed by atoms with van der Waals surface area (Å²) in [4.78, 5) is 21.1. The number of hydrogen-bond acceptors (Lipinski definition) is 7. The Bertz CT molecular complexity index is 587. The third-order valence-electron chi connectivity index (χ3n) is 2.95. The molecule has 0 saturated carbocycles. The Hall–Kier alpha value is -2.42. The maximum absolute atomic E-state index is 11.4. The van der Waals surface area contributed by atoms with Gasteiger partial charge >= 0.3 is 5.69 Å². The van der Waals surface area contributed by atoms with Gasteiger partial charge in [0.2, 0.25) is 5.75 Å². The number of ether oxygens (including phenoxy) is 2. The van der Waals surface area contributed by atoms with Crippen molar-refractivity contribution in [2.45, 2.75) is 39.7 Å². The third kappa shape index (κ3) is 4.28. The fourth-order valence-corrected chi connectivity index (χ4v) is 2.03. The highest BCUT2D eigenvalue weighted by Gasteiger charge is 2.36. The van der Waals surface area contributed by atoms with Gasteiger partial charge in [-0.1, -0.05) is 13.8 Å². The van der Waals surface area contributed by atoms with E-state index in [9.17, 15) is 25.3 Å². The average molecular weight is 328 g/mol. The Morgan fingerprint density at radius 1 is 1.13 bits per heavy atom. The molecule has 23 heavy (non-hydrogen) atoms. The molecule has 1 aromatic carbocycles. The molecule has 0 saturated heterocycles. The molecule has 1 atom stereocenters. The van der Waals surface area contributed by atoms with Crippen LogP contribution < -0.4 is 9.47 Å². The van der Waals surface area contributed by atoms with Crippen LogP contribution in [0.25, 0.3) is 0 Å². The molecular weight excluding hydrogens is 308 g/mol. The Labute approximate surface area is 133 Å². The van der Waals surface area contributed by atoms with Gasteiger partial charge in [0, 0.05) is 0 Å². The lowest BCUT2D eigenvalue weighted by Gasteiger charge is -2.15. The van der Waals surface area contributed by atoms with Gasteiger partial charge in [0.1, 0.15) is 5.56 Å². The predicted molar refractivity (Wildman–Crippen MR) is 82.0 cm³/mol. The minimum absolute atomic E-state index is 0.0666. The quantitative estimate of drug-likeness (QED) is 0.545. The van der Waals surface area contributed by atoms with Crippen LogP contribution in [-0.2, 0) is 0 Å². The van der Waals surface area contributed by atoms with Crippen LogP contribution in [0.4, 0.5) is 11.4 Å². The van der Waals surface area contributed by atoms with E-state index in [0.717, 1.165) is 6.07 Å². The Kier molecular flexibility index (Phi) is 6.70. The molecule has 0 fully saturated rings. The first kappa shape index (κ1) is 18.6. The lowest BCUT2D eigenvalue weighted by molar-refractivity contribution is -0.397. The summed E-state index contributed by atoms with van der Waals surface area (Å²) in [5, 5.41) is 32.5. The lowest BCUT2D eigenvalue weighted by Crippen LogP contribution is -2.10. The highest BCUT2D eigenvalue weighted by Crippen LogP contribution is 2.47. The number of nitrogens with zero attached hydrogens (tertiary/aromatic N) is 2. The van der Waals surface area contributed by atoms with Crippen LogP contribution in [0.15, 0.2) is 6.07 Å². The molecular formula is C14H20N2O7. The van der Waals surface area contributed by atoms with Crippen LogP contribution in [0, 0.1) is 20.2 Å². The van der Waals surface area contributed by atoms with Crippen LogP contribution in [0.3, 0.4) is 0 Å². The first-order valence-electron chi connectivity index (χ1n) is 7.28. The number of nitro groups is 2. The SMILES string of the molecule is CCCOc1cc([N+](=O)[O-])c(C(C)O)c([N+](=O)[O-])c1OCCC. The van der Waals surface area contributed by atoms with Gasteiger partial charge in [0.05, 0.1) is 35.2 Å². The normalized spacial score (nSPS) is 11.8. The second-order valence-electron chi connectivity index (χ2n) is 4.87. The van der Waals surface area contributed by atoms with Crippen LogP contribution in [0.1, 0.15) is 45.3 Å². The van der Waals surface area contributed by atoms with Gasteiger partial charge in [0.25, 0.3) is 5.69 Å². The van der Waals surface area contributed by atoms with Crippen molar-refractivity contribution in [3.8, 4) is 11.5 Å². The molecule has 0 aliphatic carbocycles. The molecule has 0 aliphatic heterocycles. The molecule has 1 aromatic rings. The molecule has 0 aromatic heterocycles. The van der Waals surface area contributed by atoms with E-state index in [4.69, 9.17) is 9.47 Å². The second kappa shape index (κ2) is 8.28. The van der Waals surface area contributed by atoms with E-state index in [-0.39, 0.29) is 24.7 Å². The minimum atomic E-state index is -1.40. The molecule has 0 amide bonds. The van der Waals surface area contributed by atoms with Crippen molar-refractivity contribution in [1.29, 1.82) is 0 Å². The van der Waals surface area contributed by atoms with Crippen molar-refractivity contribution in [3.63, 3.8) is 0 Å². The van der Waals surface area contributed by atoms with Gasteiger partial charge in [-0.15, -0.1) is 0 Å². The van der Waals surface area contributed by atoms with Crippen molar-refractivity contribution in [3.05, 3.63) is 31.9 Å². The number of benzene rings is 1. The molecule has 0 aliphatic rings. The fourth-order valence-electron chi connectivity index (χ4n) is 2.03. The van der Waals surface area contributed by atoms with E-state index < -0.39 is 32.9 Å². The second-order valence-corrected chi connectivity index (χ2v) is 4.87. The standard InChI is InChI=1S/C14H20N2O7/c1-4-6-22-11-8-10(15(18)19)12(9(3)17)13(16(20)21)14(11)23-7-5-2/h8-9,17H,4-7H2,1-3H3. The van der Waals surface area contributed by atoms with Gasteiger partial charge < -0.3 is 14.6 Å². The summed E-state index contributed by atoms with van der Waals surface area (Å²) in [5.41, 5.74) is -1.59. The molecule has 128 valence electrons. The van der Waals surface area contributed by atoms with Crippen LogP contribution in [0.5, 0.6) is 11.5 Å². The van der Waals surface area contributed by atoms with Gasteiger partial charge in [-0.25, -0.2) is 0 Å². The summed E-state index contributed by atoms with van der Waals surface area (Å²) in [6.45, 7) is 5.29. The van der Waals surface area contributed by atoms with E-state index in [0.29, 0.717) is 12.8 Å². The van der Waals surface area contributed by atoms with E-state index in [2.05, 4.69) is 0 Å². The summed E-state index contributed by atoms with van der Waals surface area (Å²) in [6, 6.07) is 1.07. The Morgan fingerprint density at radius 2 is 1.70 bits per heavy atom. The Morgan fingerprint density at radius 3 is 2.13 bits per heavy atom. The summed E-state index contributed by atoms with van der Waals surface area (Å²) in [7, 11) is 0. The number of aliphatic hydroxyl groups excluding tert-OH is 1. The third-order valence-corrected chi connectivity index (χ3v) is 2.95. The van der Waals surface area contributed by atoms with Gasteiger partial charge in [-0.05, 0) is 19.8 Å². The molecule has 0 heterocycles. The predicted octanol–water partition coefficient (Wildman–Crippen LogP) is 3.13. The van der Waals surface area contributed by atoms with Crippen LogP contribution in [-0.4, -0.2) is 28.2 Å². The number of hydrogen-bond donors (Lipinski definition) is 1. The maximum atomic E-state index is 11.4. The van der Waals surface area contributed by atoms with E-state index >= 15 is 0 Å². The first-order valence-corrected chi connectivity index (χ1v) is 7.28. The van der Waals surface area contributed by atoms with Crippen molar-refractivity contribution in [2.75, 3.05) is 13.2 Å². The highest BCUT2D eigenvalue weighted by molar-refractivity contribution is 5.69. The largest absolute Gasteiger partial charge is 0.489 e. The molecule has 0 radical (unpaired) electrons. The number of aliphatic hydroxyl groups is 1. The van der Waals surface area contributed by atoms with Crippen LogP contribution in [0.2, 0.25) is 0 Å². The molecule has 1 N–H and O–H groups in total. The summed E-state index contributed by atoms with van der Waals surface area (Å²) in [5.74, 6) is -0.255. The summed E-state index contributed by atoms with van der Waals surface area (Å²) < 4.78 is 10.8. The molecule has 1 rings (SSSR count). The minimum Gasteiger partial charge on any atom is -0.489 e. The van der Waals surface area contributed by atoms with Gasteiger partial charge in [-0.2, -0.15) is 0 Å². The molecule has 1 unspecified atom stereocenters. The topological polar surface area (TPSA) is 125 Å². The molecule has 9 heteroatoms. The van der Waals surface area contributed by atoms with Crippen LogP contribution >= 0.6 is 0 Å². The monoisotopic (exact) mass is 328 g/mol. The molecule has 0 bridgehead atoms. The van der Waals surface area contributed by atoms with E-state index in [1.807, 2.05) is 13.8 Å². The van der Waals surface area contributed by atoms with E-state index in [1.54, 1.807) is 0 Å². The zero-order valence-electron chi connectivity index (χ0n) is 13.3. The fraction of sp³-hybridized carbons (Fsp3) is 0.571. The van der Waals surface area contributed by atoms with Gasteiger partial charge in [-0.3, -0.25) is 20.2 Å². The summed E-state index contributed by atoms with van der Waals surface area (Å²) >= 11 is 0. The smallest absolute Gasteiger partial charge is 0.327 e. The summed E-state index contributed by atoms with van der Waals surface area (Å²) in [6.07, 6.45) is -0.196. The zero-order chi connectivity index (χ0) is 17.6. The maximum Gasteiger partial charge on any atom is 0.327 e. The van der Waals surface area contributed by atoms with Crippen molar-refractivity contribution >= 4 is 11.4 Å². The number of rotatable bonds is 9. The van der Waals surface area contributed by atoms with Crippen molar-refractivity contribution < 1.29 is 24.4 Å². The zero-order valence-corrected chi connectivity index (χ0v) is 13.3. The lowest BCUT2D eigenvalue weighted by atomic mass is 10.0. The van der Waals surface area contributed by atoms with E-state index in [1.165, 1.54) is 6.92 Å². The first-order chi connectivity index (χ1) is 10.8. The average Bonchev–Trinajstić information content (AvgIpc) is 2.49. The molecule has 9 nitrogen and oxygen atoms in total. The number of nitro benzene ring substituents is 2. The highest BCUT2D eigenvalue weighted by atomic mass is 16.6. The molecule has 0 spiro atoms. The Balaban J connectivity index is 3.68. The van der Waals surface area contributed by atoms with Gasteiger partial charge in [0.15, 0.2) is 5.75 Å².